The number of rotatable bonds is 7. The first kappa shape index (κ1) is 17.5. The van der Waals surface area contributed by atoms with Gasteiger partial charge < -0.3 is 9.84 Å². The minimum Gasteiger partial charge on any atom is -0.477 e. The van der Waals surface area contributed by atoms with Crippen LogP contribution in [0.2, 0.25) is 0 Å². The fourth-order valence-corrected chi connectivity index (χ4v) is 4.62. The molecule has 0 aliphatic heterocycles. The van der Waals surface area contributed by atoms with Gasteiger partial charge in [-0.05, 0) is 31.0 Å². The third-order valence-corrected chi connectivity index (χ3v) is 5.87. The summed E-state index contributed by atoms with van der Waals surface area (Å²) in [4.78, 5) is 11.4. The standard InChI is InChI=1S/C15H17NO5S2/c1-10-14(9-13(22-10)15(17)18)23(19,20)16-12-6-4-3-5-11(12)7-8-21-2/h3-6,9,16H,7-8H2,1-2H3,(H,17,18). The van der Waals surface area contributed by atoms with Crippen molar-refractivity contribution >= 4 is 33.0 Å². The van der Waals surface area contributed by atoms with Gasteiger partial charge in [-0.3, -0.25) is 4.72 Å². The number of ether oxygens (including phenoxy) is 1. The van der Waals surface area contributed by atoms with Gasteiger partial charge in [0.05, 0.1) is 12.3 Å². The molecule has 1 aromatic carbocycles. The summed E-state index contributed by atoms with van der Waals surface area (Å²) in [5, 5.41) is 9.00. The predicted molar refractivity (Wildman–Crippen MR) is 88.8 cm³/mol. The van der Waals surface area contributed by atoms with E-state index in [-0.39, 0.29) is 9.77 Å². The van der Waals surface area contributed by atoms with Gasteiger partial charge in [0.1, 0.15) is 9.77 Å². The lowest BCUT2D eigenvalue weighted by Crippen LogP contribution is -2.15. The Morgan fingerprint density at radius 3 is 2.65 bits per heavy atom. The van der Waals surface area contributed by atoms with Gasteiger partial charge in [0.2, 0.25) is 0 Å². The summed E-state index contributed by atoms with van der Waals surface area (Å²) in [6, 6.07) is 8.23. The first-order chi connectivity index (χ1) is 10.8. The van der Waals surface area contributed by atoms with Crippen LogP contribution in [-0.2, 0) is 21.2 Å². The molecule has 0 atom stereocenters. The highest BCUT2D eigenvalue weighted by molar-refractivity contribution is 7.93. The largest absolute Gasteiger partial charge is 0.477 e. The van der Waals surface area contributed by atoms with Gasteiger partial charge in [-0.25, -0.2) is 13.2 Å². The average molecular weight is 355 g/mol. The zero-order valence-electron chi connectivity index (χ0n) is 12.7. The van der Waals surface area contributed by atoms with Gasteiger partial charge in [0.15, 0.2) is 0 Å². The fraction of sp³-hybridized carbons (Fsp3) is 0.267. The van der Waals surface area contributed by atoms with Crippen LogP contribution >= 0.6 is 11.3 Å². The maximum atomic E-state index is 12.6. The molecule has 124 valence electrons. The first-order valence-corrected chi connectivity index (χ1v) is 9.08. The van der Waals surface area contributed by atoms with Gasteiger partial charge in [0.25, 0.3) is 10.0 Å². The Hall–Kier alpha value is -1.90. The number of carboxylic acids is 1. The number of carboxylic acid groups (broad SMARTS) is 1. The number of aromatic carboxylic acids is 1. The molecular weight excluding hydrogens is 338 g/mol. The Morgan fingerprint density at radius 2 is 2.04 bits per heavy atom. The summed E-state index contributed by atoms with van der Waals surface area (Å²) in [7, 11) is -2.27. The second-order valence-corrected chi connectivity index (χ2v) is 7.75. The Balaban J connectivity index is 2.34. The molecule has 0 saturated heterocycles. The second kappa shape index (κ2) is 7.12. The number of carbonyl (C=O) groups is 1. The van der Waals surface area contributed by atoms with Gasteiger partial charge in [0, 0.05) is 12.0 Å². The SMILES string of the molecule is COCCc1ccccc1NS(=O)(=O)c1cc(C(=O)O)sc1C. The third-order valence-electron chi connectivity index (χ3n) is 3.21. The smallest absolute Gasteiger partial charge is 0.345 e. The highest BCUT2D eigenvalue weighted by Gasteiger charge is 2.23. The molecule has 0 spiro atoms. The van der Waals surface area contributed by atoms with E-state index in [9.17, 15) is 13.2 Å². The molecule has 0 aliphatic carbocycles. The molecule has 1 heterocycles. The highest BCUT2D eigenvalue weighted by atomic mass is 32.2. The first-order valence-electron chi connectivity index (χ1n) is 6.78. The fourth-order valence-electron chi connectivity index (χ4n) is 2.09. The number of nitrogens with one attached hydrogen (secondary N) is 1. The minimum absolute atomic E-state index is 0.00413. The maximum absolute atomic E-state index is 12.6. The Morgan fingerprint density at radius 1 is 1.35 bits per heavy atom. The molecule has 0 amide bonds. The maximum Gasteiger partial charge on any atom is 0.345 e. The van der Waals surface area contributed by atoms with E-state index in [1.807, 2.05) is 12.1 Å². The molecule has 0 fully saturated rings. The van der Waals surface area contributed by atoms with Crippen LogP contribution in [0.4, 0.5) is 5.69 Å². The monoisotopic (exact) mass is 355 g/mol. The third kappa shape index (κ3) is 4.10. The molecule has 0 radical (unpaired) electrons. The van der Waals surface area contributed by atoms with Crippen molar-refractivity contribution in [1.82, 2.24) is 0 Å². The topological polar surface area (TPSA) is 92.7 Å². The minimum atomic E-state index is -3.85. The van der Waals surface area contributed by atoms with Crippen LogP contribution in [0.3, 0.4) is 0 Å². The van der Waals surface area contributed by atoms with E-state index in [0.717, 1.165) is 16.9 Å². The van der Waals surface area contributed by atoms with Crippen molar-refractivity contribution in [3.05, 3.63) is 45.6 Å². The van der Waals surface area contributed by atoms with Crippen LogP contribution in [0.15, 0.2) is 35.2 Å². The lowest BCUT2D eigenvalue weighted by Gasteiger charge is -2.12. The normalized spacial score (nSPS) is 11.4. The molecule has 2 aromatic rings. The van der Waals surface area contributed by atoms with Crippen LogP contribution in [0.25, 0.3) is 0 Å². The predicted octanol–water partition coefficient (Wildman–Crippen LogP) is 2.74. The zero-order chi connectivity index (χ0) is 17.0. The van der Waals surface area contributed by atoms with E-state index in [2.05, 4.69) is 4.72 Å². The Labute approximate surface area is 138 Å². The number of thiophene rings is 1. The van der Waals surface area contributed by atoms with Gasteiger partial charge >= 0.3 is 5.97 Å². The van der Waals surface area contributed by atoms with E-state index < -0.39 is 16.0 Å². The van der Waals surface area contributed by atoms with E-state index in [1.54, 1.807) is 26.2 Å². The molecule has 8 heteroatoms. The molecule has 0 unspecified atom stereocenters. The van der Waals surface area contributed by atoms with Crippen molar-refractivity contribution in [2.24, 2.45) is 0 Å². The number of anilines is 1. The lowest BCUT2D eigenvalue weighted by molar-refractivity contribution is 0.0702. The number of aryl methyl sites for hydroxylation is 1. The van der Waals surface area contributed by atoms with Crippen LogP contribution in [0.5, 0.6) is 0 Å². The van der Waals surface area contributed by atoms with Crippen molar-refractivity contribution in [3.63, 3.8) is 0 Å². The van der Waals surface area contributed by atoms with Crippen molar-refractivity contribution in [3.8, 4) is 0 Å². The molecule has 6 nitrogen and oxygen atoms in total. The molecule has 2 N–H and O–H groups in total. The molecule has 0 aliphatic rings. The molecule has 2 rings (SSSR count). The van der Waals surface area contributed by atoms with Crippen LogP contribution in [-0.4, -0.2) is 33.2 Å². The average Bonchev–Trinajstić information content (AvgIpc) is 2.89. The van der Waals surface area contributed by atoms with Crippen LogP contribution < -0.4 is 4.72 Å². The highest BCUT2D eigenvalue weighted by Crippen LogP contribution is 2.28. The number of methoxy groups -OCH3 is 1. The van der Waals surface area contributed by atoms with E-state index in [4.69, 9.17) is 9.84 Å². The number of hydrogen-bond donors (Lipinski definition) is 2. The van der Waals surface area contributed by atoms with E-state index in [0.29, 0.717) is 23.6 Å². The summed E-state index contributed by atoms with van der Waals surface area (Å²) in [6.45, 7) is 2.06. The number of para-hydroxylation sites is 1. The Bertz CT molecular complexity index is 811. The van der Waals surface area contributed by atoms with Crippen LogP contribution in [0, 0.1) is 6.92 Å². The molecule has 23 heavy (non-hydrogen) atoms. The molecule has 0 bridgehead atoms. The summed E-state index contributed by atoms with van der Waals surface area (Å²) in [5.74, 6) is -1.14. The number of benzene rings is 1. The van der Waals surface area contributed by atoms with Crippen molar-refractivity contribution in [1.29, 1.82) is 0 Å². The molecular formula is C15H17NO5S2. The van der Waals surface area contributed by atoms with Gasteiger partial charge in [-0.2, -0.15) is 0 Å². The van der Waals surface area contributed by atoms with Crippen molar-refractivity contribution in [2.75, 3.05) is 18.4 Å². The van der Waals surface area contributed by atoms with Crippen molar-refractivity contribution in [2.45, 2.75) is 18.2 Å². The van der Waals surface area contributed by atoms with Crippen LogP contribution in [0.1, 0.15) is 20.1 Å². The second-order valence-electron chi connectivity index (χ2n) is 4.84. The number of sulfonamides is 1. The number of hydrogen-bond acceptors (Lipinski definition) is 5. The molecule has 0 saturated carbocycles. The Kier molecular flexibility index (Phi) is 5.40. The van der Waals surface area contributed by atoms with Crippen molar-refractivity contribution < 1.29 is 23.1 Å². The van der Waals surface area contributed by atoms with Gasteiger partial charge in [-0.15, -0.1) is 11.3 Å². The summed E-state index contributed by atoms with van der Waals surface area (Å²) >= 11 is 0.939. The summed E-state index contributed by atoms with van der Waals surface area (Å²) in [5.41, 5.74) is 1.27. The summed E-state index contributed by atoms with van der Waals surface area (Å²) < 4.78 is 32.7. The quantitative estimate of drug-likeness (QED) is 0.797. The van der Waals surface area contributed by atoms with E-state index >= 15 is 0 Å². The van der Waals surface area contributed by atoms with E-state index in [1.165, 1.54) is 6.07 Å². The summed E-state index contributed by atoms with van der Waals surface area (Å²) in [6.07, 6.45) is 0.568. The zero-order valence-corrected chi connectivity index (χ0v) is 14.3. The lowest BCUT2D eigenvalue weighted by atomic mass is 10.1. The van der Waals surface area contributed by atoms with Gasteiger partial charge in [-0.1, -0.05) is 18.2 Å². The molecule has 1 aromatic heterocycles.